The molecule has 18 heavy (non-hydrogen) atoms. The van der Waals surface area contributed by atoms with Crippen LogP contribution in [0.25, 0.3) is 16.9 Å². The van der Waals surface area contributed by atoms with E-state index in [4.69, 9.17) is 4.74 Å². The van der Waals surface area contributed by atoms with Crippen LogP contribution in [0, 0.1) is 0 Å². The maximum atomic E-state index is 5.14. The molecule has 3 rings (SSSR count). The second kappa shape index (κ2) is 4.42. The highest BCUT2D eigenvalue weighted by Crippen LogP contribution is 2.21. The number of aromatic nitrogens is 3. The van der Waals surface area contributed by atoms with Crippen LogP contribution >= 0.6 is 15.9 Å². The molecule has 2 aromatic heterocycles. The Kier molecular flexibility index (Phi) is 2.76. The van der Waals surface area contributed by atoms with Gasteiger partial charge >= 0.3 is 0 Å². The van der Waals surface area contributed by atoms with E-state index >= 15 is 0 Å². The number of methoxy groups -OCH3 is 1. The molecule has 0 aliphatic carbocycles. The molecule has 0 aliphatic rings. The first-order valence-corrected chi connectivity index (χ1v) is 6.22. The second-order valence-electron chi connectivity index (χ2n) is 3.80. The molecule has 0 saturated carbocycles. The van der Waals surface area contributed by atoms with Crippen molar-refractivity contribution in [3.8, 4) is 17.0 Å². The third kappa shape index (κ3) is 1.86. The number of imidazole rings is 1. The predicted octanol–water partition coefficient (Wildman–Crippen LogP) is 3.17. The summed E-state index contributed by atoms with van der Waals surface area (Å²) >= 11 is 3.41. The van der Waals surface area contributed by atoms with Gasteiger partial charge in [0.25, 0.3) is 0 Å². The molecule has 0 fully saturated rings. The number of hydrogen-bond acceptors (Lipinski definition) is 3. The van der Waals surface area contributed by atoms with Crippen molar-refractivity contribution in [2.75, 3.05) is 7.11 Å². The third-order valence-electron chi connectivity index (χ3n) is 2.71. The van der Waals surface area contributed by atoms with Crippen LogP contribution in [0.5, 0.6) is 5.75 Å². The molecular formula is C13H10BrN3O. The van der Waals surface area contributed by atoms with Crippen LogP contribution in [-0.4, -0.2) is 21.7 Å². The second-order valence-corrected chi connectivity index (χ2v) is 4.61. The molecule has 3 aromatic rings. The van der Waals surface area contributed by atoms with Crippen LogP contribution in [-0.2, 0) is 0 Å². The number of ether oxygens (including phenoxy) is 1. The number of halogens is 1. The van der Waals surface area contributed by atoms with Crippen molar-refractivity contribution in [2.45, 2.75) is 0 Å². The SMILES string of the molecule is COc1ccc(-c2ccc3ncc(Br)n3n2)cc1. The van der Waals surface area contributed by atoms with Gasteiger partial charge < -0.3 is 4.74 Å². The molecular weight excluding hydrogens is 294 g/mol. The Balaban J connectivity index is 2.09. The van der Waals surface area contributed by atoms with E-state index in [0.717, 1.165) is 27.3 Å². The maximum absolute atomic E-state index is 5.14. The molecule has 0 saturated heterocycles. The molecule has 0 amide bonds. The Labute approximate surface area is 112 Å². The summed E-state index contributed by atoms with van der Waals surface area (Å²) in [6.07, 6.45) is 1.74. The van der Waals surface area contributed by atoms with Gasteiger partial charge in [0.2, 0.25) is 0 Å². The molecule has 1 aromatic carbocycles. The van der Waals surface area contributed by atoms with Gasteiger partial charge in [0.1, 0.15) is 10.4 Å². The molecule has 0 aliphatic heterocycles. The Morgan fingerprint density at radius 3 is 2.61 bits per heavy atom. The van der Waals surface area contributed by atoms with Crippen molar-refractivity contribution in [2.24, 2.45) is 0 Å². The van der Waals surface area contributed by atoms with E-state index in [1.165, 1.54) is 0 Å². The summed E-state index contributed by atoms with van der Waals surface area (Å²) in [6, 6.07) is 11.7. The molecule has 0 bridgehead atoms. The fraction of sp³-hybridized carbons (Fsp3) is 0.0769. The van der Waals surface area contributed by atoms with Gasteiger partial charge in [-0.3, -0.25) is 0 Å². The third-order valence-corrected chi connectivity index (χ3v) is 3.25. The quantitative estimate of drug-likeness (QED) is 0.730. The van der Waals surface area contributed by atoms with Crippen molar-refractivity contribution >= 4 is 21.6 Å². The van der Waals surface area contributed by atoms with E-state index in [1.807, 2.05) is 36.4 Å². The lowest BCUT2D eigenvalue weighted by molar-refractivity contribution is 0.415. The van der Waals surface area contributed by atoms with Crippen LogP contribution in [0.15, 0.2) is 47.2 Å². The van der Waals surface area contributed by atoms with Gasteiger partial charge in [-0.1, -0.05) is 0 Å². The number of nitrogens with zero attached hydrogens (tertiary/aromatic N) is 3. The summed E-state index contributed by atoms with van der Waals surface area (Å²) in [5, 5.41) is 4.53. The highest BCUT2D eigenvalue weighted by Gasteiger charge is 2.05. The van der Waals surface area contributed by atoms with E-state index < -0.39 is 0 Å². The Morgan fingerprint density at radius 1 is 1.11 bits per heavy atom. The molecule has 0 unspecified atom stereocenters. The summed E-state index contributed by atoms with van der Waals surface area (Å²) in [6.45, 7) is 0. The molecule has 0 N–H and O–H groups in total. The minimum absolute atomic E-state index is 0.819. The fourth-order valence-corrected chi connectivity index (χ4v) is 2.12. The lowest BCUT2D eigenvalue weighted by atomic mass is 10.1. The Morgan fingerprint density at radius 2 is 1.89 bits per heavy atom. The lowest BCUT2D eigenvalue weighted by Crippen LogP contribution is -1.94. The lowest BCUT2D eigenvalue weighted by Gasteiger charge is -2.04. The van der Waals surface area contributed by atoms with E-state index in [-0.39, 0.29) is 0 Å². The molecule has 4 nitrogen and oxygen atoms in total. The van der Waals surface area contributed by atoms with Gasteiger partial charge in [-0.2, -0.15) is 5.10 Å². The minimum atomic E-state index is 0.819. The smallest absolute Gasteiger partial charge is 0.154 e. The average Bonchev–Trinajstić information content (AvgIpc) is 2.80. The monoisotopic (exact) mass is 303 g/mol. The molecule has 2 heterocycles. The largest absolute Gasteiger partial charge is 0.497 e. The first-order chi connectivity index (χ1) is 8.78. The predicted molar refractivity (Wildman–Crippen MR) is 72.7 cm³/mol. The zero-order chi connectivity index (χ0) is 12.5. The summed E-state index contributed by atoms with van der Waals surface area (Å²) < 4.78 is 7.74. The van der Waals surface area contributed by atoms with Crippen molar-refractivity contribution in [3.63, 3.8) is 0 Å². The zero-order valence-corrected chi connectivity index (χ0v) is 11.3. The van der Waals surface area contributed by atoms with E-state index in [1.54, 1.807) is 17.8 Å². The summed E-state index contributed by atoms with van der Waals surface area (Å²) in [7, 11) is 1.65. The van der Waals surface area contributed by atoms with Gasteiger partial charge in [-0.25, -0.2) is 9.50 Å². The number of hydrogen-bond donors (Lipinski definition) is 0. The van der Waals surface area contributed by atoms with Gasteiger partial charge in [-0.15, -0.1) is 0 Å². The molecule has 0 atom stereocenters. The first-order valence-electron chi connectivity index (χ1n) is 5.42. The van der Waals surface area contributed by atoms with Crippen LogP contribution in [0.1, 0.15) is 0 Å². The summed E-state index contributed by atoms with van der Waals surface area (Å²) in [4.78, 5) is 4.21. The zero-order valence-electron chi connectivity index (χ0n) is 9.67. The Bertz CT molecular complexity index is 691. The highest BCUT2D eigenvalue weighted by molar-refractivity contribution is 9.10. The van der Waals surface area contributed by atoms with Gasteiger partial charge in [0.15, 0.2) is 5.65 Å². The van der Waals surface area contributed by atoms with Crippen molar-refractivity contribution < 1.29 is 4.74 Å². The fourth-order valence-electron chi connectivity index (χ4n) is 1.76. The maximum Gasteiger partial charge on any atom is 0.154 e. The highest BCUT2D eigenvalue weighted by atomic mass is 79.9. The number of benzene rings is 1. The van der Waals surface area contributed by atoms with Crippen LogP contribution in [0.4, 0.5) is 0 Å². The topological polar surface area (TPSA) is 39.4 Å². The van der Waals surface area contributed by atoms with E-state index in [0.29, 0.717) is 0 Å². The summed E-state index contributed by atoms with van der Waals surface area (Å²) in [5.41, 5.74) is 2.75. The number of rotatable bonds is 2. The Hall–Kier alpha value is -1.88. The molecule has 0 spiro atoms. The average molecular weight is 304 g/mol. The van der Waals surface area contributed by atoms with Crippen LogP contribution in [0.2, 0.25) is 0 Å². The van der Waals surface area contributed by atoms with Crippen molar-refractivity contribution in [1.29, 1.82) is 0 Å². The molecule has 90 valence electrons. The van der Waals surface area contributed by atoms with E-state index in [2.05, 4.69) is 26.0 Å². The van der Waals surface area contributed by atoms with Crippen molar-refractivity contribution in [3.05, 3.63) is 47.2 Å². The summed E-state index contributed by atoms with van der Waals surface area (Å²) in [5.74, 6) is 0.837. The van der Waals surface area contributed by atoms with E-state index in [9.17, 15) is 0 Å². The number of fused-ring (bicyclic) bond motifs is 1. The molecule has 5 heteroatoms. The standard InChI is InChI=1S/C13H10BrN3O/c1-18-10-4-2-9(3-5-10)11-6-7-13-15-8-12(14)17(13)16-11/h2-8H,1H3. The van der Waals surface area contributed by atoms with Crippen LogP contribution in [0.3, 0.4) is 0 Å². The van der Waals surface area contributed by atoms with Crippen molar-refractivity contribution in [1.82, 2.24) is 14.6 Å². The molecule has 0 radical (unpaired) electrons. The van der Waals surface area contributed by atoms with Gasteiger partial charge in [-0.05, 0) is 52.3 Å². The first kappa shape index (κ1) is 11.2. The van der Waals surface area contributed by atoms with Gasteiger partial charge in [0.05, 0.1) is 19.0 Å². The normalized spacial score (nSPS) is 10.8. The minimum Gasteiger partial charge on any atom is -0.497 e. The van der Waals surface area contributed by atoms with Gasteiger partial charge in [0, 0.05) is 5.56 Å². The van der Waals surface area contributed by atoms with Crippen LogP contribution < -0.4 is 4.74 Å².